The zero-order valence-corrected chi connectivity index (χ0v) is 13.7. The third-order valence-corrected chi connectivity index (χ3v) is 3.45. The van der Waals surface area contributed by atoms with Crippen LogP contribution in [-0.4, -0.2) is 25.7 Å². The Morgan fingerprint density at radius 1 is 1.04 bits per heavy atom. The summed E-state index contributed by atoms with van der Waals surface area (Å²) in [5.41, 5.74) is 2.93. The van der Waals surface area contributed by atoms with E-state index in [1.165, 1.54) is 0 Å². The van der Waals surface area contributed by atoms with Crippen LogP contribution in [0.5, 0.6) is 5.75 Å². The standard InChI is InChI=1S/C19H23NO3/c1-3-22-12-13-23-18-10-8-17(9-11-18)20-19(21)14-16-7-5-4-6-15(16)2/h4-11H,3,12-14H2,1-2H3,(H,20,21). The number of ether oxygens (including phenoxy) is 2. The van der Waals surface area contributed by atoms with Gasteiger partial charge in [-0.2, -0.15) is 0 Å². The summed E-state index contributed by atoms with van der Waals surface area (Å²) in [7, 11) is 0. The van der Waals surface area contributed by atoms with Crippen molar-refractivity contribution in [1.29, 1.82) is 0 Å². The molecule has 2 aromatic rings. The van der Waals surface area contributed by atoms with Gasteiger partial charge in [0.2, 0.25) is 5.91 Å². The van der Waals surface area contributed by atoms with Crippen molar-refractivity contribution in [1.82, 2.24) is 0 Å². The summed E-state index contributed by atoms with van der Waals surface area (Å²) in [5, 5.41) is 2.90. The van der Waals surface area contributed by atoms with Gasteiger partial charge >= 0.3 is 0 Å². The minimum absolute atomic E-state index is 0.0238. The fraction of sp³-hybridized carbons (Fsp3) is 0.316. The van der Waals surface area contributed by atoms with Gasteiger partial charge in [0.1, 0.15) is 12.4 Å². The second-order valence-electron chi connectivity index (χ2n) is 5.22. The molecule has 0 aliphatic rings. The van der Waals surface area contributed by atoms with E-state index in [1.54, 1.807) is 0 Å². The van der Waals surface area contributed by atoms with E-state index in [1.807, 2.05) is 62.4 Å². The topological polar surface area (TPSA) is 47.6 Å². The van der Waals surface area contributed by atoms with E-state index in [0.29, 0.717) is 26.2 Å². The Bertz CT molecular complexity index is 623. The molecular weight excluding hydrogens is 290 g/mol. The lowest BCUT2D eigenvalue weighted by atomic mass is 10.1. The van der Waals surface area contributed by atoms with E-state index in [4.69, 9.17) is 9.47 Å². The van der Waals surface area contributed by atoms with Crippen LogP contribution in [0.1, 0.15) is 18.1 Å². The second kappa shape index (κ2) is 8.96. The molecule has 0 saturated carbocycles. The third-order valence-electron chi connectivity index (χ3n) is 3.45. The molecule has 0 spiro atoms. The van der Waals surface area contributed by atoms with Crippen molar-refractivity contribution < 1.29 is 14.3 Å². The van der Waals surface area contributed by atoms with Gasteiger partial charge in [0, 0.05) is 12.3 Å². The maximum atomic E-state index is 12.1. The number of hydrogen-bond acceptors (Lipinski definition) is 3. The SMILES string of the molecule is CCOCCOc1ccc(NC(=O)Cc2ccccc2C)cc1. The van der Waals surface area contributed by atoms with E-state index in [9.17, 15) is 4.79 Å². The van der Waals surface area contributed by atoms with Crippen LogP contribution in [0, 0.1) is 6.92 Å². The van der Waals surface area contributed by atoms with Gasteiger partial charge in [-0.25, -0.2) is 0 Å². The van der Waals surface area contributed by atoms with Crippen molar-refractivity contribution >= 4 is 11.6 Å². The number of carbonyl (C=O) groups is 1. The molecule has 0 aliphatic heterocycles. The molecule has 0 aromatic heterocycles. The van der Waals surface area contributed by atoms with Gasteiger partial charge in [-0.1, -0.05) is 24.3 Å². The minimum Gasteiger partial charge on any atom is -0.491 e. The van der Waals surface area contributed by atoms with Gasteiger partial charge in [-0.05, 0) is 49.2 Å². The fourth-order valence-corrected chi connectivity index (χ4v) is 2.18. The van der Waals surface area contributed by atoms with Gasteiger partial charge in [0.25, 0.3) is 0 Å². The number of hydrogen-bond donors (Lipinski definition) is 1. The van der Waals surface area contributed by atoms with Crippen LogP contribution < -0.4 is 10.1 Å². The summed E-state index contributed by atoms with van der Waals surface area (Å²) in [6.07, 6.45) is 0.374. The molecule has 0 atom stereocenters. The van der Waals surface area contributed by atoms with E-state index >= 15 is 0 Å². The van der Waals surface area contributed by atoms with Crippen molar-refractivity contribution in [3.63, 3.8) is 0 Å². The van der Waals surface area contributed by atoms with Crippen LogP contribution in [0.3, 0.4) is 0 Å². The average Bonchev–Trinajstić information content (AvgIpc) is 2.55. The van der Waals surface area contributed by atoms with Gasteiger partial charge in [-0.15, -0.1) is 0 Å². The Balaban J connectivity index is 1.83. The molecule has 0 heterocycles. The average molecular weight is 313 g/mol. The van der Waals surface area contributed by atoms with Crippen LogP contribution in [0.2, 0.25) is 0 Å². The Hall–Kier alpha value is -2.33. The molecule has 2 aromatic carbocycles. The summed E-state index contributed by atoms with van der Waals surface area (Å²) >= 11 is 0. The quantitative estimate of drug-likeness (QED) is 0.758. The van der Waals surface area contributed by atoms with Crippen molar-refractivity contribution in [2.24, 2.45) is 0 Å². The van der Waals surface area contributed by atoms with E-state index in [2.05, 4.69) is 5.32 Å². The summed E-state index contributed by atoms with van der Waals surface area (Å²) in [6.45, 7) is 5.75. The van der Waals surface area contributed by atoms with Crippen LogP contribution in [0.25, 0.3) is 0 Å². The molecule has 0 fully saturated rings. The molecule has 122 valence electrons. The van der Waals surface area contributed by atoms with Gasteiger partial charge in [-0.3, -0.25) is 4.79 Å². The van der Waals surface area contributed by atoms with Crippen LogP contribution in [-0.2, 0) is 16.0 Å². The summed E-state index contributed by atoms with van der Waals surface area (Å²) < 4.78 is 10.8. The number of anilines is 1. The number of nitrogens with one attached hydrogen (secondary N) is 1. The van der Waals surface area contributed by atoms with Crippen molar-refractivity contribution in [2.45, 2.75) is 20.3 Å². The van der Waals surface area contributed by atoms with Crippen LogP contribution in [0.4, 0.5) is 5.69 Å². The molecule has 4 heteroatoms. The summed E-state index contributed by atoms with van der Waals surface area (Å²) in [6, 6.07) is 15.3. The number of rotatable bonds is 8. The second-order valence-corrected chi connectivity index (χ2v) is 5.22. The number of amides is 1. The van der Waals surface area contributed by atoms with Crippen molar-refractivity contribution in [3.8, 4) is 5.75 Å². The highest BCUT2D eigenvalue weighted by atomic mass is 16.5. The highest BCUT2D eigenvalue weighted by molar-refractivity contribution is 5.92. The first kappa shape index (κ1) is 17.0. The Morgan fingerprint density at radius 2 is 1.78 bits per heavy atom. The van der Waals surface area contributed by atoms with E-state index < -0.39 is 0 Å². The van der Waals surface area contributed by atoms with Crippen molar-refractivity contribution in [2.75, 3.05) is 25.1 Å². The lowest BCUT2D eigenvalue weighted by Gasteiger charge is -2.09. The molecule has 2 rings (SSSR count). The summed E-state index contributed by atoms with van der Waals surface area (Å²) in [4.78, 5) is 12.1. The number of aryl methyl sites for hydroxylation is 1. The zero-order chi connectivity index (χ0) is 16.5. The molecule has 1 N–H and O–H groups in total. The first-order valence-corrected chi connectivity index (χ1v) is 7.84. The fourth-order valence-electron chi connectivity index (χ4n) is 2.18. The van der Waals surface area contributed by atoms with E-state index in [-0.39, 0.29) is 5.91 Å². The van der Waals surface area contributed by atoms with E-state index in [0.717, 1.165) is 22.6 Å². The molecule has 0 unspecified atom stereocenters. The van der Waals surface area contributed by atoms with Crippen LogP contribution in [0.15, 0.2) is 48.5 Å². The predicted molar refractivity (Wildman–Crippen MR) is 91.9 cm³/mol. The molecule has 1 amide bonds. The molecule has 0 aliphatic carbocycles. The highest BCUT2D eigenvalue weighted by Crippen LogP contribution is 2.16. The highest BCUT2D eigenvalue weighted by Gasteiger charge is 2.06. The predicted octanol–water partition coefficient (Wildman–Crippen LogP) is 3.59. The monoisotopic (exact) mass is 313 g/mol. The Morgan fingerprint density at radius 3 is 2.48 bits per heavy atom. The largest absolute Gasteiger partial charge is 0.491 e. The third kappa shape index (κ3) is 5.75. The molecule has 23 heavy (non-hydrogen) atoms. The number of carbonyl (C=O) groups excluding carboxylic acids is 1. The first-order chi connectivity index (χ1) is 11.2. The Kier molecular flexibility index (Phi) is 6.63. The van der Waals surface area contributed by atoms with Gasteiger partial charge < -0.3 is 14.8 Å². The molecule has 4 nitrogen and oxygen atoms in total. The lowest BCUT2D eigenvalue weighted by Crippen LogP contribution is -2.15. The minimum atomic E-state index is -0.0238. The number of benzene rings is 2. The first-order valence-electron chi connectivity index (χ1n) is 7.84. The van der Waals surface area contributed by atoms with Gasteiger partial charge in [0.15, 0.2) is 0 Å². The van der Waals surface area contributed by atoms with Gasteiger partial charge in [0.05, 0.1) is 13.0 Å². The van der Waals surface area contributed by atoms with Crippen molar-refractivity contribution in [3.05, 3.63) is 59.7 Å². The zero-order valence-electron chi connectivity index (χ0n) is 13.7. The lowest BCUT2D eigenvalue weighted by molar-refractivity contribution is -0.115. The smallest absolute Gasteiger partial charge is 0.228 e. The maximum absolute atomic E-state index is 12.1. The Labute approximate surface area is 137 Å². The maximum Gasteiger partial charge on any atom is 0.228 e. The molecular formula is C19H23NO3. The van der Waals surface area contributed by atoms with Crippen LogP contribution >= 0.6 is 0 Å². The molecule has 0 saturated heterocycles. The summed E-state index contributed by atoms with van der Waals surface area (Å²) in [5.74, 6) is 0.742. The molecule has 0 bridgehead atoms. The normalized spacial score (nSPS) is 10.3. The molecule has 0 radical (unpaired) electrons.